The molecule has 17 heavy (non-hydrogen) atoms. The third-order valence-corrected chi connectivity index (χ3v) is 2.37. The molecule has 8 heteroatoms. The average Bonchev–Trinajstić information content (AvgIpc) is 2.14. The van der Waals surface area contributed by atoms with Crippen LogP contribution in [0.5, 0.6) is 0 Å². The van der Waals surface area contributed by atoms with Gasteiger partial charge in [0.05, 0.1) is 4.92 Å². The van der Waals surface area contributed by atoms with Gasteiger partial charge in [0.15, 0.2) is 5.78 Å². The zero-order valence-corrected chi connectivity index (χ0v) is 9.09. The van der Waals surface area contributed by atoms with Crippen molar-refractivity contribution in [2.24, 2.45) is 0 Å². The van der Waals surface area contributed by atoms with Crippen molar-refractivity contribution >= 4 is 23.1 Å². The molecule has 0 fully saturated rings. The van der Waals surface area contributed by atoms with Crippen molar-refractivity contribution in [3.8, 4) is 0 Å². The van der Waals surface area contributed by atoms with Gasteiger partial charge in [-0.05, 0) is 19.1 Å². The van der Waals surface area contributed by atoms with Crippen LogP contribution in [0.25, 0.3) is 0 Å². The van der Waals surface area contributed by atoms with E-state index in [0.29, 0.717) is 6.07 Å². The first-order valence-electron chi connectivity index (χ1n) is 4.21. The van der Waals surface area contributed by atoms with Crippen LogP contribution < -0.4 is 0 Å². The number of hydrogen-bond acceptors (Lipinski definition) is 3. The number of rotatable bonds is 2. The van der Waals surface area contributed by atoms with Crippen molar-refractivity contribution in [3.63, 3.8) is 0 Å². The van der Waals surface area contributed by atoms with Gasteiger partial charge in [-0.1, -0.05) is 11.6 Å². The minimum atomic E-state index is -4.90. The Balaban J connectivity index is 3.63. The zero-order chi connectivity index (χ0) is 13.4. The molecule has 0 aromatic heterocycles. The van der Waals surface area contributed by atoms with E-state index in [4.69, 9.17) is 11.6 Å². The van der Waals surface area contributed by atoms with E-state index in [2.05, 4.69) is 0 Å². The van der Waals surface area contributed by atoms with Gasteiger partial charge in [0.25, 0.3) is 0 Å². The van der Waals surface area contributed by atoms with E-state index in [1.54, 1.807) is 0 Å². The highest BCUT2D eigenvalue weighted by molar-refractivity contribution is 6.36. The van der Waals surface area contributed by atoms with Crippen LogP contribution in [-0.2, 0) is 6.18 Å². The normalized spacial score (nSPS) is 11.4. The van der Waals surface area contributed by atoms with E-state index in [0.717, 1.165) is 13.0 Å². The Morgan fingerprint density at radius 3 is 2.29 bits per heavy atom. The molecule has 0 saturated carbocycles. The molecular formula is C9H5ClF3NO3. The predicted octanol–water partition coefficient (Wildman–Crippen LogP) is 3.47. The lowest BCUT2D eigenvalue weighted by molar-refractivity contribution is -0.387. The van der Waals surface area contributed by atoms with Crippen molar-refractivity contribution in [1.29, 1.82) is 0 Å². The molecule has 0 saturated heterocycles. The number of hydrogen-bond donors (Lipinski definition) is 0. The Kier molecular flexibility index (Phi) is 3.42. The Labute approximate surface area is 98.1 Å². The molecule has 0 radical (unpaired) electrons. The molecule has 4 nitrogen and oxygen atoms in total. The maximum absolute atomic E-state index is 12.5. The molecule has 0 aliphatic carbocycles. The van der Waals surface area contributed by atoms with Gasteiger partial charge in [0, 0.05) is 5.56 Å². The van der Waals surface area contributed by atoms with Crippen molar-refractivity contribution in [3.05, 3.63) is 38.4 Å². The molecule has 0 aliphatic heterocycles. The van der Waals surface area contributed by atoms with Gasteiger partial charge >= 0.3 is 11.9 Å². The molecule has 0 N–H and O–H groups in total. The van der Waals surface area contributed by atoms with Crippen LogP contribution in [0.15, 0.2) is 12.1 Å². The van der Waals surface area contributed by atoms with Crippen molar-refractivity contribution in [1.82, 2.24) is 0 Å². The average molecular weight is 268 g/mol. The summed E-state index contributed by atoms with van der Waals surface area (Å²) < 4.78 is 37.4. The fourth-order valence-corrected chi connectivity index (χ4v) is 1.61. The lowest BCUT2D eigenvalue weighted by Crippen LogP contribution is -2.11. The number of halogens is 4. The number of carbonyl (C=O) groups is 1. The smallest absolute Gasteiger partial charge is 0.294 e. The van der Waals surface area contributed by atoms with Crippen molar-refractivity contribution < 1.29 is 22.9 Å². The van der Waals surface area contributed by atoms with E-state index in [1.807, 2.05) is 0 Å². The van der Waals surface area contributed by atoms with Gasteiger partial charge < -0.3 is 0 Å². The van der Waals surface area contributed by atoms with Crippen LogP contribution in [-0.4, -0.2) is 10.7 Å². The first-order chi connectivity index (χ1) is 7.66. The van der Waals surface area contributed by atoms with Gasteiger partial charge in [0.1, 0.15) is 10.6 Å². The maximum atomic E-state index is 12.5. The van der Waals surface area contributed by atoms with Gasteiger partial charge in [-0.3, -0.25) is 14.9 Å². The first-order valence-corrected chi connectivity index (χ1v) is 4.59. The van der Waals surface area contributed by atoms with Crippen LogP contribution in [0.3, 0.4) is 0 Å². The second-order valence-electron chi connectivity index (χ2n) is 3.13. The van der Waals surface area contributed by atoms with E-state index < -0.39 is 33.2 Å². The van der Waals surface area contributed by atoms with Crippen LogP contribution in [0.1, 0.15) is 22.8 Å². The largest absolute Gasteiger partial charge is 0.423 e. The van der Waals surface area contributed by atoms with E-state index in [-0.39, 0.29) is 5.56 Å². The summed E-state index contributed by atoms with van der Waals surface area (Å²) in [7, 11) is 0. The standard InChI is InChI=1S/C9H5ClF3NO3/c1-4(15)5-2-3-6(9(11,12)13)8(7(5)10)14(16)17/h2-3H,1H3. The highest BCUT2D eigenvalue weighted by atomic mass is 35.5. The van der Waals surface area contributed by atoms with Crippen LogP contribution in [0.2, 0.25) is 5.02 Å². The topological polar surface area (TPSA) is 60.2 Å². The molecular weight excluding hydrogens is 263 g/mol. The van der Waals surface area contributed by atoms with E-state index in [9.17, 15) is 28.1 Å². The lowest BCUT2D eigenvalue weighted by Gasteiger charge is -2.09. The Bertz CT molecular complexity index is 499. The third kappa shape index (κ3) is 2.55. The first kappa shape index (κ1) is 13.4. The highest BCUT2D eigenvalue weighted by Crippen LogP contribution is 2.41. The van der Waals surface area contributed by atoms with Crippen LogP contribution >= 0.6 is 11.6 Å². The summed E-state index contributed by atoms with van der Waals surface area (Å²) in [5.41, 5.74) is -3.09. The number of nitro benzene ring substituents is 1. The van der Waals surface area contributed by atoms with Crippen molar-refractivity contribution in [2.75, 3.05) is 0 Å². The molecule has 0 unspecified atom stereocenters. The number of carbonyl (C=O) groups excluding carboxylic acids is 1. The summed E-state index contributed by atoms with van der Waals surface area (Å²) in [6.07, 6.45) is -4.90. The number of benzene rings is 1. The second-order valence-corrected chi connectivity index (χ2v) is 3.51. The number of alkyl halides is 3. The molecule has 0 amide bonds. The number of nitro groups is 1. The summed E-state index contributed by atoms with van der Waals surface area (Å²) in [4.78, 5) is 20.3. The number of ketones is 1. The number of Topliss-reactive ketones (excluding diaryl/α,β-unsaturated/α-hetero) is 1. The highest BCUT2D eigenvalue weighted by Gasteiger charge is 2.40. The molecule has 92 valence electrons. The summed E-state index contributed by atoms with van der Waals surface area (Å²) in [6, 6.07) is 1.29. The van der Waals surface area contributed by atoms with Gasteiger partial charge in [0.2, 0.25) is 0 Å². The molecule has 0 aliphatic rings. The Hall–Kier alpha value is -1.63. The lowest BCUT2D eigenvalue weighted by atomic mass is 10.1. The maximum Gasteiger partial charge on any atom is 0.423 e. The summed E-state index contributed by atoms with van der Waals surface area (Å²) in [6.45, 7) is 1.05. The monoisotopic (exact) mass is 267 g/mol. The Morgan fingerprint density at radius 1 is 1.41 bits per heavy atom. The van der Waals surface area contributed by atoms with Gasteiger partial charge in [-0.25, -0.2) is 0 Å². The molecule has 0 atom stereocenters. The van der Waals surface area contributed by atoms with E-state index in [1.165, 1.54) is 0 Å². The Morgan fingerprint density at radius 2 is 1.94 bits per heavy atom. The fourth-order valence-electron chi connectivity index (χ4n) is 1.24. The quantitative estimate of drug-likeness (QED) is 0.468. The SMILES string of the molecule is CC(=O)c1ccc(C(F)(F)F)c([N+](=O)[O-])c1Cl. The predicted molar refractivity (Wildman–Crippen MR) is 53.1 cm³/mol. The molecule has 0 bridgehead atoms. The van der Waals surface area contributed by atoms with Crippen LogP contribution in [0.4, 0.5) is 18.9 Å². The summed E-state index contributed by atoms with van der Waals surface area (Å²) in [5.74, 6) is -0.646. The minimum absolute atomic E-state index is 0.314. The van der Waals surface area contributed by atoms with E-state index >= 15 is 0 Å². The summed E-state index contributed by atoms with van der Waals surface area (Å²) in [5, 5.41) is 9.78. The zero-order valence-electron chi connectivity index (χ0n) is 8.34. The van der Waals surface area contributed by atoms with Gasteiger partial charge in [-0.2, -0.15) is 13.2 Å². The van der Waals surface area contributed by atoms with Gasteiger partial charge in [-0.15, -0.1) is 0 Å². The summed E-state index contributed by atoms with van der Waals surface area (Å²) >= 11 is 5.45. The molecule has 0 spiro atoms. The fraction of sp³-hybridized carbons (Fsp3) is 0.222. The van der Waals surface area contributed by atoms with Crippen molar-refractivity contribution in [2.45, 2.75) is 13.1 Å². The molecule has 1 rings (SSSR count). The minimum Gasteiger partial charge on any atom is -0.294 e. The molecule has 1 aromatic carbocycles. The number of nitrogens with zero attached hydrogens (tertiary/aromatic N) is 1. The third-order valence-electron chi connectivity index (χ3n) is 1.98. The van der Waals surface area contributed by atoms with Crippen LogP contribution in [0, 0.1) is 10.1 Å². The molecule has 0 heterocycles. The molecule has 1 aromatic rings. The second kappa shape index (κ2) is 4.33.